The van der Waals surface area contributed by atoms with Gasteiger partial charge in [0.05, 0.1) is 6.04 Å². The zero-order valence-corrected chi connectivity index (χ0v) is 15.8. The van der Waals surface area contributed by atoms with Gasteiger partial charge in [0.25, 0.3) is 5.91 Å². The van der Waals surface area contributed by atoms with Crippen LogP contribution in [0.25, 0.3) is 0 Å². The van der Waals surface area contributed by atoms with E-state index >= 15 is 0 Å². The minimum atomic E-state index is -0.143. The van der Waals surface area contributed by atoms with Crippen LogP contribution in [0.15, 0.2) is 36.5 Å². The molecular weight excluding hydrogens is 352 g/mol. The van der Waals surface area contributed by atoms with Crippen molar-refractivity contribution in [2.24, 2.45) is 7.05 Å². The fraction of sp³-hybridized carbons (Fsp3) is 0.421. The highest BCUT2D eigenvalue weighted by atomic mass is 35.5. The number of aromatic nitrogens is 2. The highest BCUT2D eigenvalue weighted by molar-refractivity contribution is 6.30. The molecule has 2 heterocycles. The second-order valence-electron chi connectivity index (χ2n) is 6.55. The maximum atomic E-state index is 13.0. The molecule has 1 fully saturated rings. The van der Waals surface area contributed by atoms with Crippen LogP contribution in [0.1, 0.15) is 36.7 Å². The quantitative estimate of drug-likeness (QED) is 0.807. The van der Waals surface area contributed by atoms with Crippen molar-refractivity contribution in [1.29, 1.82) is 0 Å². The largest absolute Gasteiger partial charge is 0.323 e. The van der Waals surface area contributed by atoms with Crippen LogP contribution in [0, 0.1) is 0 Å². The predicted octanol–water partition coefficient (Wildman–Crippen LogP) is 3.12. The molecule has 0 aliphatic carbocycles. The number of benzene rings is 1. The van der Waals surface area contributed by atoms with Crippen molar-refractivity contribution >= 4 is 29.1 Å². The van der Waals surface area contributed by atoms with Gasteiger partial charge in [0.1, 0.15) is 12.2 Å². The normalized spacial score (nSPS) is 17.7. The Kier molecular flexibility index (Phi) is 5.61. The molecule has 0 saturated carbocycles. The Balaban J connectivity index is 1.85. The van der Waals surface area contributed by atoms with Crippen molar-refractivity contribution < 1.29 is 9.59 Å². The van der Waals surface area contributed by atoms with Crippen LogP contribution in [-0.4, -0.2) is 45.6 Å². The molecule has 0 spiro atoms. The molecule has 2 amide bonds. The summed E-state index contributed by atoms with van der Waals surface area (Å²) >= 11 is 5.96. The van der Waals surface area contributed by atoms with E-state index in [9.17, 15) is 9.59 Å². The molecule has 0 N–H and O–H groups in total. The van der Waals surface area contributed by atoms with E-state index in [0.29, 0.717) is 17.3 Å². The number of hydrogen-bond acceptors (Lipinski definition) is 3. The smallest absolute Gasteiger partial charge is 0.272 e. The van der Waals surface area contributed by atoms with E-state index in [4.69, 9.17) is 11.6 Å². The van der Waals surface area contributed by atoms with Gasteiger partial charge in [0, 0.05) is 30.5 Å². The standard InChI is InChI=1S/C19H23ClN4O2/c1-3-4-5-16-12-23(15-8-6-14(20)7-9-15)18(25)13-24(16)19(26)17-10-11-21-22(17)2/h6-11,16H,3-5,12-13H2,1-2H3/t16-/m1/s1. The Morgan fingerprint density at radius 3 is 2.62 bits per heavy atom. The van der Waals surface area contributed by atoms with Gasteiger partial charge in [-0.1, -0.05) is 31.4 Å². The molecule has 0 unspecified atom stereocenters. The van der Waals surface area contributed by atoms with Crippen molar-refractivity contribution in [3.8, 4) is 0 Å². The molecule has 2 aromatic rings. The van der Waals surface area contributed by atoms with Gasteiger partial charge in [-0.05, 0) is 36.8 Å². The van der Waals surface area contributed by atoms with Gasteiger partial charge in [-0.15, -0.1) is 0 Å². The van der Waals surface area contributed by atoms with Crippen LogP contribution < -0.4 is 4.90 Å². The average Bonchev–Trinajstić information content (AvgIpc) is 3.06. The number of nitrogens with zero attached hydrogens (tertiary/aromatic N) is 4. The Labute approximate surface area is 158 Å². The summed E-state index contributed by atoms with van der Waals surface area (Å²) in [6, 6.07) is 8.91. The molecule has 3 rings (SSSR count). The Morgan fingerprint density at radius 1 is 1.27 bits per heavy atom. The van der Waals surface area contributed by atoms with Gasteiger partial charge in [-0.2, -0.15) is 5.10 Å². The zero-order chi connectivity index (χ0) is 18.7. The molecule has 1 atom stereocenters. The van der Waals surface area contributed by atoms with Crippen LogP contribution in [0.3, 0.4) is 0 Å². The highest BCUT2D eigenvalue weighted by Crippen LogP contribution is 2.25. The first-order valence-electron chi connectivity index (χ1n) is 8.86. The Hall–Kier alpha value is -2.34. The van der Waals surface area contributed by atoms with Gasteiger partial charge in [0.15, 0.2) is 0 Å². The Morgan fingerprint density at radius 2 is 2.00 bits per heavy atom. The molecule has 7 heteroatoms. The molecule has 138 valence electrons. The first-order chi connectivity index (χ1) is 12.5. The first kappa shape index (κ1) is 18.5. The number of halogens is 1. The van der Waals surface area contributed by atoms with Crippen molar-refractivity contribution in [1.82, 2.24) is 14.7 Å². The van der Waals surface area contributed by atoms with Gasteiger partial charge >= 0.3 is 0 Å². The summed E-state index contributed by atoms with van der Waals surface area (Å²) in [6.45, 7) is 2.68. The summed E-state index contributed by atoms with van der Waals surface area (Å²) in [5, 5.41) is 4.70. The summed E-state index contributed by atoms with van der Waals surface area (Å²) in [5.41, 5.74) is 1.31. The second-order valence-corrected chi connectivity index (χ2v) is 6.99. The third-order valence-electron chi connectivity index (χ3n) is 4.77. The fourth-order valence-electron chi connectivity index (χ4n) is 3.30. The maximum Gasteiger partial charge on any atom is 0.272 e. The predicted molar refractivity (Wildman–Crippen MR) is 101 cm³/mol. The van der Waals surface area contributed by atoms with E-state index in [-0.39, 0.29) is 24.4 Å². The lowest BCUT2D eigenvalue weighted by atomic mass is 10.0. The molecule has 1 aliphatic rings. The van der Waals surface area contributed by atoms with E-state index in [2.05, 4.69) is 12.0 Å². The van der Waals surface area contributed by atoms with Gasteiger partial charge in [-0.25, -0.2) is 0 Å². The summed E-state index contributed by atoms with van der Waals surface area (Å²) in [6.07, 6.45) is 4.50. The first-order valence-corrected chi connectivity index (χ1v) is 9.24. The number of aryl methyl sites for hydroxylation is 1. The van der Waals surface area contributed by atoms with Crippen molar-refractivity contribution in [2.45, 2.75) is 32.2 Å². The monoisotopic (exact) mass is 374 g/mol. The van der Waals surface area contributed by atoms with Crippen molar-refractivity contribution in [2.75, 3.05) is 18.0 Å². The molecule has 0 bridgehead atoms. The van der Waals surface area contributed by atoms with E-state index in [1.807, 2.05) is 12.1 Å². The maximum absolute atomic E-state index is 13.0. The number of anilines is 1. The molecule has 26 heavy (non-hydrogen) atoms. The fourth-order valence-corrected chi connectivity index (χ4v) is 3.42. The summed E-state index contributed by atoms with van der Waals surface area (Å²) in [5.74, 6) is -0.231. The second kappa shape index (κ2) is 7.91. The number of piperazine rings is 1. The van der Waals surface area contributed by atoms with E-state index in [1.54, 1.807) is 45.9 Å². The minimum Gasteiger partial charge on any atom is -0.323 e. The summed E-state index contributed by atoms with van der Waals surface area (Å²) in [4.78, 5) is 29.2. The molecule has 0 radical (unpaired) electrons. The van der Waals surface area contributed by atoms with E-state index in [1.165, 1.54) is 0 Å². The summed E-state index contributed by atoms with van der Waals surface area (Å²) in [7, 11) is 1.74. The Bertz CT molecular complexity index is 787. The topological polar surface area (TPSA) is 58.4 Å². The molecule has 6 nitrogen and oxygen atoms in total. The van der Waals surface area contributed by atoms with Crippen molar-refractivity contribution in [3.05, 3.63) is 47.2 Å². The lowest BCUT2D eigenvalue weighted by molar-refractivity contribution is -0.121. The third kappa shape index (κ3) is 3.75. The van der Waals surface area contributed by atoms with Gasteiger partial charge < -0.3 is 9.80 Å². The van der Waals surface area contributed by atoms with Crippen LogP contribution in [0.5, 0.6) is 0 Å². The van der Waals surface area contributed by atoms with Gasteiger partial charge in [0.2, 0.25) is 5.91 Å². The molecule has 1 aromatic heterocycles. The number of amides is 2. The van der Waals surface area contributed by atoms with Crippen LogP contribution >= 0.6 is 11.6 Å². The lowest BCUT2D eigenvalue weighted by Gasteiger charge is -2.41. The molecular formula is C19H23ClN4O2. The highest BCUT2D eigenvalue weighted by Gasteiger charge is 2.36. The number of hydrogen-bond donors (Lipinski definition) is 0. The van der Waals surface area contributed by atoms with E-state index < -0.39 is 0 Å². The zero-order valence-electron chi connectivity index (χ0n) is 15.1. The molecule has 1 aliphatic heterocycles. The number of carbonyl (C=O) groups excluding carboxylic acids is 2. The van der Waals surface area contributed by atoms with Crippen LogP contribution in [0.4, 0.5) is 5.69 Å². The average molecular weight is 375 g/mol. The van der Waals surface area contributed by atoms with Crippen LogP contribution in [0.2, 0.25) is 5.02 Å². The summed E-state index contributed by atoms with van der Waals surface area (Å²) < 4.78 is 1.55. The number of carbonyl (C=O) groups is 2. The lowest BCUT2D eigenvalue weighted by Crippen LogP contribution is -2.58. The van der Waals surface area contributed by atoms with Crippen molar-refractivity contribution in [3.63, 3.8) is 0 Å². The molecule has 1 saturated heterocycles. The molecule has 1 aromatic carbocycles. The van der Waals surface area contributed by atoms with E-state index in [0.717, 1.165) is 24.9 Å². The minimum absolute atomic E-state index is 0.0225. The van der Waals surface area contributed by atoms with Crippen LogP contribution in [-0.2, 0) is 11.8 Å². The number of unbranched alkanes of at least 4 members (excludes halogenated alkanes) is 1. The van der Waals surface area contributed by atoms with Gasteiger partial charge in [-0.3, -0.25) is 14.3 Å². The number of rotatable bonds is 5. The SMILES string of the molecule is CCCC[C@@H]1CN(c2ccc(Cl)cc2)C(=O)CN1C(=O)c1ccnn1C. The third-order valence-corrected chi connectivity index (χ3v) is 5.02.